The fraction of sp³-hybridized carbons (Fsp3) is 0.933. The lowest BCUT2D eigenvalue weighted by molar-refractivity contribution is 0.112. The minimum atomic E-state index is 0.0616. The lowest BCUT2D eigenvalue weighted by Crippen LogP contribution is -2.56. The van der Waals surface area contributed by atoms with Crippen molar-refractivity contribution in [1.29, 1.82) is 0 Å². The second-order valence-corrected chi connectivity index (χ2v) is 7.59. The number of nitrogens with one attached hydrogen (secondary N) is 2. The molecule has 3 aliphatic carbocycles. The van der Waals surface area contributed by atoms with Gasteiger partial charge in [-0.15, -0.1) is 0 Å². The van der Waals surface area contributed by atoms with Crippen LogP contribution in [0.25, 0.3) is 0 Å². The molecule has 3 nitrogen and oxygen atoms in total. The molecule has 0 saturated heterocycles. The van der Waals surface area contributed by atoms with Gasteiger partial charge in [0.2, 0.25) is 0 Å². The van der Waals surface area contributed by atoms with Crippen molar-refractivity contribution in [3.63, 3.8) is 0 Å². The Morgan fingerprint density at radius 3 is 2.33 bits per heavy atom. The van der Waals surface area contributed by atoms with Gasteiger partial charge in [-0.1, -0.05) is 20.8 Å². The first kappa shape index (κ1) is 12.3. The lowest BCUT2D eigenvalue weighted by atomic mass is 9.68. The van der Waals surface area contributed by atoms with Gasteiger partial charge < -0.3 is 10.6 Å². The van der Waals surface area contributed by atoms with Gasteiger partial charge in [0.05, 0.1) is 0 Å². The third-order valence-corrected chi connectivity index (χ3v) is 5.99. The number of rotatable bonds is 2. The zero-order valence-corrected chi connectivity index (χ0v) is 11.9. The van der Waals surface area contributed by atoms with Crippen LogP contribution in [0.2, 0.25) is 0 Å². The number of amides is 2. The summed E-state index contributed by atoms with van der Waals surface area (Å²) < 4.78 is 0. The van der Waals surface area contributed by atoms with Crippen molar-refractivity contribution >= 4 is 6.03 Å². The Morgan fingerprint density at radius 1 is 1.11 bits per heavy atom. The monoisotopic (exact) mass is 250 g/mol. The number of fused-ring (bicyclic) bond motifs is 2. The molecule has 0 aromatic rings. The van der Waals surface area contributed by atoms with Gasteiger partial charge in [-0.05, 0) is 55.3 Å². The van der Waals surface area contributed by atoms with Gasteiger partial charge in [0.1, 0.15) is 0 Å². The Kier molecular flexibility index (Phi) is 2.65. The van der Waals surface area contributed by atoms with Crippen LogP contribution in [0.5, 0.6) is 0 Å². The summed E-state index contributed by atoms with van der Waals surface area (Å²) in [6, 6.07) is 0.829. The van der Waals surface area contributed by atoms with Crippen LogP contribution in [0.1, 0.15) is 59.3 Å². The van der Waals surface area contributed by atoms with E-state index in [9.17, 15) is 4.79 Å². The number of carbonyl (C=O) groups excluding carboxylic acids is 1. The molecule has 18 heavy (non-hydrogen) atoms. The van der Waals surface area contributed by atoms with Gasteiger partial charge in [-0.2, -0.15) is 0 Å². The van der Waals surface area contributed by atoms with Crippen molar-refractivity contribution < 1.29 is 4.79 Å². The van der Waals surface area contributed by atoms with Crippen LogP contribution in [0.15, 0.2) is 0 Å². The summed E-state index contributed by atoms with van der Waals surface area (Å²) in [5.41, 5.74) is 0.578. The topological polar surface area (TPSA) is 41.1 Å². The standard InChI is InChI=1S/C15H26N2O/c1-14(2)10-7-8-15(3,9-10)12(14)17-13(18)16-11-5-4-6-11/h10-12H,4-9H2,1-3H3,(H2,16,17,18). The molecule has 0 aliphatic heterocycles. The second kappa shape index (κ2) is 3.88. The SMILES string of the molecule is CC12CCC(C1)C(C)(C)C2NC(=O)NC1CCC1. The molecule has 3 atom stereocenters. The van der Waals surface area contributed by atoms with Gasteiger partial charge in [0, 0.05) is 12.1 Å². The van der Waals surface area contributed by atoms with Crippen LogP contribution in [0.3, 0.4) is 0 Å². The van der Waals surface area contributed by atoms with Crippen LogP contribution in [0, 0.1) is 16.7 Å². The van der Waals surface area contributed by atoms with E-state index >= 15 is 0 Å². The molecule has 0 aromatic heterocycles. The zero-order valence-electron chi connectivity index (χ0n) is 11.9. The van der Waals surface area contributed by atoms with E-state index < -0.39 is 0 Å². The molecule has 0 heterocycles. The van der Waals surface area contributed by atoms with Crippen molar-refractivity contribution in [2.45, 2.75) is 71.4 Å². The maximum atomic E-state index is 12.1. The molecule has 3 saturated carbocycles. The van der Waals surface area contributed by atoms with Crippen molar-refractivity contribution in [2.75, 3.05) is 0 Å². The van der Waals surface area contributed by atoms with E-state index in [1.54, 1.807) is 0 Å². The van der Waals surface area contributed by atoms with E-state index in [1.165, 1.54) is 25.7 Å². The fourth-order valence-electron chi connectivity index (χ4n) is 4.57. The van der Waals surface area contributed by atoms with Crippen LogP contribution in [0.4, 0.5) is 4.79 Å². The Balaban J connectivity index is 1.65. The van der Waals surface area contributed by atoms with Crippen molar-refractivity contribution in [3.8, 4) is 0 Å². The maximum absolute atomic E-state index is 12.1. The molecule has 0 aromatic carbocycles. The predicted molar refractivity (Wildman–Crippen MR) is 72.3 cm³/mol. The summed E-state index contributed by atoms with van der Waals surface area (Å²) in [7, 11) is 0. The Hall–Kier alpha value is -0.730. The van der Waals surface area contributed by atoms with Crippen molar-refractivity contribution in [1.82, 2.24) is 10.6 Å². The summed E-state index contributed by atoms with van der Waals surface area (Å²) in [5, 5.41) is 6.40. The van der Waals surface area contributed by atoms with Crippen LogP contribution >= 0.6 is 0 Å². The van der Waals surface area contributed by atoms with Crippen molar-refractivity contribution in [2.24, 2.45) is 16.7 Å². The first-order valence-corrected chi connectivity index (χ1v) is 7.49. The lowest BCUT2D eigenvalue weighted by Gasteiger charge is -2.43. The highest BCUT2D eigenvalue weighted by atomic mass is 16.2. The number of urea groups is 1. The van der Waals surface area contributed by atoms with Gasteiger partial charge >= 0.3 is 6.03 Å². The Labute approximate surface area is 110 Å². The normalized spacial score (nSPS) is 41.5. The molecule has 3 rings (SSSR count). The third kappa shape index (κ3) is 1.74. The highest BCUT2D eigenvalue weighted by Crippen LogP contribution is 2.62. The molecule has 0 spiro atoms. The number of hydrogen-bond acceptors (Lipinski definition) is 1. The molecule has 0 radical (unpaired) electrons. The first-order valence-electron chi connectivity index (χ1n) is 7.49. The Morgan fingerprint density at radius 2 is 1.83 bits per heavy atom. The van der Waals surface area contributed by atoms with E-state index in [2.05, 4.69) is 31.4 Å². The molecule has 3 fully saturated rings. The molecule has 3 aliphatic rings. The molecule has 2 amide bonds. The molecule has 3 unspecified atom stereocenters. The van der Waals surface area contributed by atoms with Gasteiger partial charge in [0.25, 0.3) is 0 Å². The smallest absolute Gasteiger partial charge is 0.315 e. The Bertz CT molecular complexity index is 357. The third-order valence-electron chi connectivity index (χ3n) is 5.99. The molecule has 2 N–H and O–H groups in total. The molecule has 2 bridgehead atoms. The van der Waals surface area contributed by atoms with Crippen LogP contribution < -0.4 is 10.6 Å². The molecular formula is C15H26N2O. The van der Waals surface area contributed by atoms with E-state index in [4.69, 9.17) is 0 Å². The van der Waals surface area contributed by atoms with E-state index in [-0.39, 0.29) is 11.4 Å². The number of carbonyl (C=O) groups is 1. The van der Waals surface area contributed by atoms with Gasteiger partial charge in [-0.25, -0.2) is 4.79 Å². The van der Waals surface area contributed by atoms with Gasteiger partial charge in [-0.3, -0.25) is 0 Å². The summed E-state index contributed by atoms with van der Waals surface area (Å²) in [5.74, 6) is 0.788. The second-order valence-electron chi connectivity index (χ2n) is 7.59. The minimum Gasteiger partial charge on any atom is -0.335 e. The largest absolute Gasteiger partial charge is 0.335 e. The highest BCUT2D eigenvalue weighted by molar-refractivity contribution is 5.75. The molecular weight excluding hydrogens is 224 g/mol. The van der Waals surface area contributed by atoms with Crippen molar-refractivity contribution in [3.05, 3.63) is 0 Å². The average Bonchev–Trinajstić information content (AvgIpc) is 2.70. The first-order chi connectivity index (χ1) is 8.42. The van der Waals surface area contributed by atoms with Crippen LogP contribution in [-0.4, -0.2) is 18.1 Å². The summed E-state index contributed by atoms with van der Waals surface area (Å²) in [4.78, 5) is 12.1. The minimum absolute atomic E-state index is 0.0616. The summed E-state index contributed by atoms with van der Waals surface area (Å²) in [6.07, 6.45) is 7.47. The predicted octanol–water partition coefficient (Wildman–Crippen LogP) is 3.05. The highest BCUT2D eigenvalue weighted by Gasteiger charge is 2.59. The number of hydrogen-bond donors (Lipinski definition) is 2. The quantitative estimate of drug-likeness (QED) is 0.777. The van der Waals surface area contributed by atoms with E-state index in [1.807, 2.05) is 0 Å². The fourth-order valence-corrected chi connectivity index (χ4v) is 4.57. The average molecular weight is 250 g/mol. The zero-order chi connectivity index (χ0) is 13.0. The summed E-state index contributed by atoms with van der Waals surface area (Å²) >= 11 is 0. The summed E-state index contributed by atoms with van der Waals surface area (Å²) in [6.45, 7) is 7.02. The van der Waals surface area contributed by atoms with E-state index in [0.29, 0.717) is 17.5 Å². The molecule has 3 heteroatoms. The van der Waals surface area contributed by atoms with Crippen LogP contribution in [-0.2, 0) is 0 Å². The maximum Gasteiger partial charge on any atom is 0.315 e. The molecule has 102 valence electrons. The van der Waals surface area contributed by atoms with Gasteiger partial charge in [0.15, 0.2) is 0 Å². The van der Waals surface area contributed by atoms with E-state index in [0.717, 1.165) is 18.8 Å².